The van der Waals surface area contributed by atoms with Crippen LogP contribution < -0.4 is 14.4 Å². The molecule has 0 bridgehead atoms. The minimum Gasteiger partial charge on any atom is -0.493 e. The number of nitrogens with zero attached hydrogens (tertiary/aromatic N) is 2. The van der Waals surface area contributed by atoms with E-state index in [1.54, 1.807) is 7.11 Å². The van der Waals surface area contributed by atoms with Gasteiger partial charge in [0, 0.05) is 23.2 Å². The number of fused-ring (bicyclic) bond motifs is 1. The van der Waals surface area contributed by atoms with Gasteiger partial charge in [0.25, 0.3) is 0 Å². The van der Waals surface area contributed by atoms with Gasteiger partial charge in [-0.2, -0.15) is 0 Å². The molecule has 1 amide bonds. The summed E-state index contributed by atoms with van der Waals surface area (Å²) in [4.78, 5) is 18.2. The van der Waals surface area contributed by atoms with Crippen molar-refractivity contribution >= 4 is 23.2 Å². The van der Waals surface area contributed by atoms with Gasteiger partial charge in [-0.1, -0.05) is 35.9 Å². The van der Waals surface area contributed by atoms with Crippen LogP contribution in [0.5, 0.6) is 11.5 Å². The second-order valence-corrected chi connectivity index (χ2v) is 12.9. The maximum Gasteiger partial charge on any atom is 0.232 e. The van der Waals surface area contributed by atoms with Gasteiger partial charge in [0.1, 0.15) is 0 Å². The van der Waals surface area contributed by atoms with E-state index in [4.69, 9.17) is 25.8 Å². The highest BCUT2D eigenvalue weighted by Crippen LogP contribution is 2.44. The third-order valence-corrected chi connectivity index (χ3v) is 9.50. The average Bonchev–Trinajstić information content (AvgIpc) is 2.96. The number of ether oxygens (including phenoxy) is 3. The van der Waals surface area contributed by atoms with Gasteiger partial charge in [-0.3, -0.25) is 9.69 Å². The largest absolute Gasteiger partial charge is 0.493 e. The Hall–Kier alpha value is -3.10. The van der Waals surface area contributed by atoms with Crippen molar-refractivity contribution in [3.05, 3.63) is 87.9 Å². The zero-order chi connectivity index (χ0) is 30.3. The maximum absolute atomic E-state index is 13.9. The molecule has 3 unspecified atom stereocenters. The van der Waals surface area contributed by atoms with E-state index in [0.29, 0.717) is 22.6 Å². The highest BCUT2D eigenvalue weighted by atomic mass is 35.5. The van der Waals surface area contributed by atoms with Crippen molar-refractivity contribution in [3.63, 3.8) is 0 Å². The number of piperidine rings is 1. The zero-order valence-corrected chi connectivity index (χ0v) is 26.1. The van der Waals surface area contributed by atoms with Crippen molar-refractivity contribution in [1.82, 2.24) is 4.90 Å². The minimum atomic E-state index is -0.991. The predicted octanol–water partition coefficient (Wildman–Crippen LogP) is 6.13. The molecular weight excluding hydrogens is 564 g/mol. The summed E-state index contributed by atoms with van der Waals surface area (Å²) in [5, 5.41) is 12.4. The summed E-state index contributed by atoms with van der Waals surface area (Å²) in [5.74, 6) is 1.36. The minimum absolute atomic E-state index is 0.0165. The molecule has 228 valence electrons. The number of hydrogen-bond acceptors (Lipinski definition) is 6. The molecular formula is C35H41ClN2O5. The highest BCUT2D eigenvalue weighted by molar-refractivity contribution is 6.30. The van der Waals surface area contributed by atoms with Crippen LogP contribution >= 0.6 is 11.6 Å². The number of aliphatic hydroxyl groups is 1. The van der Waals surface area contributed by atoms with E-state index in [2.05, 4.69) is 4.90 Å². The lowest BCUT2D eigenvalue weighted by atomic mass is 9.78. The predicted molar refractivity (Wildman–Crippen MR) is 168 cm³/mol. The van der Waals surface area contributed by atoms with E-state index in [-0.39, 0.29) is 24.3 Å². The van der Waals surface area contributed by atoms with Crippen LogP contribution in [0.4, 0.5) is 5.69 Å². The molecule has 2 saturated heterocycles. The lowest BCUT2D eigenvalue weighted by Crippen LogP contribution is -2.55. The Morgan fingerprint density at radius 2 is 1.77 bits per heavy atom. The zero-order valence-electron chi connectivity index (χ0n) is 25.4. The lowest BCUT2D eigenvalue weighted by molar-refractivity contribution is -0.118. The van der Waals surface area contributed by atoms with Gasteiger partial charge in [0.2, 0.25) is 5.91 Å². The molecule has 0 aromatic heterocycles. The molecule has 3 heterocycles. The number of carbonyl (C=O) groups is 1. The molecule has 3 aromatic carbocycles. The summed E-state index contributed by atoms with van der Waals surface area (Å²) in [6.45, 7) is 9.36. The number of anilines is 1. The number of hydrogen-bond donors (Lipinski definition) is 1. The van der Waals surface area contributed by atoms with E-state index in [9.17, 15) is 9.90 Å². The Bertz CT molecular complexity index is 1450. The van der Waals surface area contributed by atoms with Gasteiger partial charge in [0.15, 0.2) is 11.5 Å². The van der Waals surface area contributed by atoms with Crippen LogP contribution in [0.3, 0.4) is 0 Å². The second kappa shape index (κ2) is 12.1. The fraction of sp³-hybridized carbons (Fsp3) is 0.457. The Labute approximate surface area is 259 Å². The van der Waals surface area contributed by atoms with Crippen LogP contribution in [0.1, 0.15) is 61.9 Å². The number of benzene rings is 3. The number of carbonyl (C=O) groups excluding carboxylic acids is 1. The number of methoxy groups -OCH3 is 1. The van der Waals surface area contributed by atoms with Gasteiger partial charge < -0.3 is 24.2 Å². The molecule has 8 heteroatoms. The molecule has 1 N–H and O–H groups in total. The molecule has 3 aliphatic heterocycles. The number of rotatable bonds is 8. The average molecular weight is 605 g/mol. The van der Waals surface area contributed by atoms with Crippen molar-refractivity contribution < 1.29 is 24.1 Å². The summed E-state index contributed by atoms with van der Waals surface area (Å²) in [5.41, 5.74) is 3.48. The van der Waals surface area contributed by atoms with Crippen molar-refractivity contribution in [2.45, 2.75) is 63.8 Å². The molecule has 7 nitrogen and oxygen atoms in total. The highest BCUT2D eigenvalue weighted by Gasteiger charge is 2.40. The molecule has 3 atom stereocenters. The Balaban J connectivity index is 1.35. The topological polar surface area (TPSA) is 71.5 Å². The van der Waals surface area contributed by atoms with E-state index < -0.39 is 11.6 Å². The van der Waals surface area contributed by atoms with Gasteiger partial charge in [0.05, 0.1) is 50.5 Å². The monoisotopic (exact) mass is 604 g/mol. The van der Waals surface area contributed by atoms with Crippen molar-refractivity contribution in [1.29, 1.82) is 0 Å². The summed E-state index contributed by atoms with van der Waals surface area (Å²) in [6, 6.07) is 19.5. The quantitative estimate of drug-likeness (QED) is 0.333. The van der Waals surface area contributed by atoms with Gasteiger partial charge >= 0.3 is 0 Å². The van der Waals surface area contributed by atoms with Gasteiger partial charge in [-0.15, -0.1) is 0 Å². The van der Waals surface area contributed by atoms with Crippen LogP contribution in [0.2, 0.25) is 5.02 Å². The lowest BCUT2D eigenvalue weighted by Gasteiger charge is -2.46. The molecule has 6 rings (SSSR count). The molecule has 43 heavy (non-hydrogen) atoms. The number of halogens is 1. The molecule has 0 spiro atoms. The fourth-order valence-corrected chi connectivity index (χ4v) is 6.88. The van der Waals surface area contributed by atoms with Crippen LogP contribution in [0.25, 0.3) is 0 Å². The molecule has 3 aliphatic rings. The Kier molecular flexibility index (Phi) is 8.44. The summed E-state index contributed by atoms with van der Waals surface area (Å²) in [6.07, 6.45) is 2.23. The third kappa shape index (κ3) is 5.88. The van der Waals surface area contributed by atoms with Crippen molar-refractivity contribution in [2.24, 2.45) is 5.92 Å². The normalized spacial score (nSPS) is 22.6. The van der Waals surface area contributed by atoms with Gasteiger partial charge in [-0.25, -0.2) is 0 Å². The number of likely N-dealkylation sites (tertiary alicyclic amines) is 1. The van der Waals surface area contributed by atoms with Crippen LogP contribution in [-0.2, 0) is 21.6 Å². The van der Waals surface area contributed by atoms with Crippen LogP contribution in [-0.4, -0.2) is 61.5 Å². The Morgan fingerprint density at radius 1 is 1.05 bits per heavy atom. The fourth-order valence-electron chi connectivity index (χ4n) is 6.76. The molecule has 0 aliphatic carbocycles. The van der Waals surface area contributed by atoms with Crippen LogP contribution in [0, 0.1) is 5.92 Å². The standard InChI is InChI=1S/C35H41ClN2O5/c1-22(2)43-32-18-30-24(16-31(32)41-4)17-33(39)38(34(30)23-7-11-27(36)12-8-23)28-13-9-25(10-14-28)35(3,40)26-6-5-15-37(19-26)29-20-42-21-29/h7-14,16,18,22,26,29,34,40H,5-6,15,17,19-21H2,1-4H3. The Morgan fingerprint density at radius 3 is 2.40 bits per heavy atom. The van der Waals surface area contributed by atoms with Crippen molar-refractivity contribution in [3.8, 4) is 11.5 Å². The van der Waals surface area contributed by atoms with Crippen molar-refractivity contribution in [2.75, 3.05) is 38.3 Å². The molecule has 0 saturated carbocycles. The van der Waals surface area contributed by atoms with Crippen LogP contribution in [0.15, 0.2) is 60.7 Å². The summed E-state index contributed by atoms with van der Waals surface area (Å²) in [7, 11) is 1.62. The molecule has 2 fully saturated rings. The SMILES string of the molecule is COc1cc2c(cc1OC(C)C)C(c1ccc(Cl)cc1)N(c1ccc(C(C)(O)C3CCCN(C4COC4)C3)cc1)C(=O)C2. The number of amides is 1. The first-order chi connectivity index (χ1) is 20.7. The second-order valence-electron chi connectivity index (χ2n) is 12.5. The van der Waals surface area contributed by atoms with Gasteiger partial charge in [-0.05, 0) is 98.8 Å². The maximum atomic E-state index is 13.9. The van der Waals surface area contributed by atoms with E-state index in [0.717, 1.165) is 67.1 Å². The smallest absolute Gasteiger partial charge is 0.232 e. The summed E-state index contributed by atoms with van der Waals surface area (Å²) < 4.78 is 17.2. The van der Waals surface area contributed by atoms with E-state index in [1.807, 2.05) is 86.3 Å². The van der Waals surface area contributed by atoms with E-state index in [1.165, 1.54) is 0 Å². The molecule has 0 radical (unpaired) electrons. The first kappa shape index (κ1) is 29.9. The van der Waals surface area contributed by atoms with E-state index >= 15 is 0 Å². The third-order valence-electron chi connectivity index (χ3n) is 9.25. The first-order valence-corrected chi connectivity index (χ1v) is 15.6. The first-order valence-electron chi connectivity index (χ1n) is 15.3. The molecule has 3 aromatic rings. The summed E-state index contributed by atoms with van der Waals surface area (Å²) >= 11 is 6.27.